The van der Waals surface area contributed by atoms with Crippen LogP contribution in [0.5, 0.6) is 5.75 Å². The molecule has 8 heteroatoms. The van der Waals surface area contributed by atoms with Crippen molar-refractivity contribution < 1.29 is 17.9 Å². The van der Waals surface area contributed by atoms with E-state index in [1.807, 2.05) is 25.1 Å². The summed E-state index contributed by atoms with van der Waals surface area (Å²) in [5.74, 6) is 1.27. The highest BCUT2D eigenvalue weighted by atomic mass is 19.4. The summed E-state index contributed by atoms with van der Waals surface area (Å²) in [6, 6.07) is 10.2. The number of halogens is 3. The fourth-order valence-corrected chi connectivity index (χ4v) is 4.63. The van der Waals surface area contributed by atoms with Crippen molar-refractivity contribution in [2.24, 2.45) is 0 Å². The van der Waals surface area contributed by atoms with Crippen LogP contribution in [0.15, 0.2) is 42.6 Å². The van der Waals surface area contributed by atoms with Crippen LogP contribution < -0.4 is 10.1 Å². The number of fused-ring (bicyclic) bond motifs is 1. The molecule has 0 aliphatic heterocycles. The predicted octanol–water partition coefficient (Wildman–Crippen LogP) is 5.99. The Morgan fingerprint density at radius 2 is 1.94 bits per heavy atom. The van der Waals surface area contributed by atoms with Gasteiger partial charge in [0.25, 0.3) is 0 Å². The molecule has 2 aromatic carbocycles. The van der Waals surface area contributed by atoms with Crippen molar-refractivity contribution in [1.29, 1.82) is 0 Å². The molecule has 1 unspecified atom stereocenters. The van der Waals surface area contributed by atoms with E-state index in [2.05, 4.69) is 34.5 Å². The summed E-state index contributed by atoms with van der Waals surface area (Å²) in [6.07, 6.45) is 0.535. The Labute approximate surface area is 192 Å². The van der Waals surface area contributed by atoms with E-state index < -0.39 is 17.8 Å². The molecule has 1 aliphatic carbocycles. The number of hydrogen-bond acceptors (Lipinski definition) is 5. The summed E-state index contributed by atoms with van der Waals surface area (Å²) < 4.78 is 46.3. The van der Waals surface area contributed by atoms with Crippen LogP contribution in [-0.4, -0.2) is 41.3 Å². The number of ether oxygens (including phenoxy) is 1. The van der Waals surface area contributed by atoms with Crippen LogP contribution in [0.2, 0.25) is 0 Å². The maximum absolute atomic E-state index is 13.3. The van der Waals surface area contributed by atoms with Gasteiger partial charge >= 0.3 is 6.18 Å². The first-order valence-corrected chi connectivity index (χ1v) is 11.1. The van der Waals surface area contributed by atoms with Gasteiger partial charge < -0.3 is 15.0 Å². The number of hydrogen-bond donors (Lipinski definition) is 1. The van der Waals surface area contributed by atoms with E-state index in [9.17, 15) is 13.2 Å². The molecule has 5 nitrogen and oxygen atoms in total. The molecular formula is C25H29F3N4O. The van der Waals surface area contributed by atoms with Gasteiger partial charge in [-0.2, -0.15) is 18.3 Å². The Hall–Kier alpha value is -2.87. The second kappa shape index (κ2) is 9.17. The summed E-state index contributed by atoms with van der Waals surface area (Å²) >= 11 is 0. The quantitative estimate of drug-likeness (QED) is 0.492. The number of nitrogens with zero attached hydrogens (tertiary/aromatic N) is 3. The molecule has 1 aliphatic rings. The van der Waals surface area contributed by atoms with Gasteiger partial charge in [0.1, 0.15) is 11.9 Å². The van der Waals surface area contributed by atoms with Crippen molar-refractivity contribution in [3.63, 3.8) is 0 Å². The fraction of sp³-hybridized carbons (Fsp3) is 0.440. The predicted molar refractivity (Wildman–Crippen MR) is 123 cm³/mol. The van der Waals surface area contributed by atoms with Crippen LogP contribution in [0.3, 0.4) is 0 Å². The van der Waals surface area contributed by atoms with E-state index in [1.54, 1.807) is 12.3 Å². The summed E-state index contributed by atoms with van der Waals surface area (Å²) in [6.45, 7) is 3.32. The number of rotatable bonds is 6. The molecule has 1 heterocycles. The SMILES string of the molecule is Cc1c(C(C)Nc2nncc3ccc(O[C@H]4CC[C@H](N(C)C)C4)cc23)cccc1C(F)(F)F. The van der Waals surface area contributed by atoms with Gasteiger partial charge in [-0.1, -0.05) is 12.1 Å². The lowest BCUT2D eigenvalue weighted by molar-refractivity contribution is -0.138. The van der Waals surface area contributed by atoms with E-state index in [0.717, 1.165) is 41.9 Å². The first-order chi connectivity index (χ1) is 15.6. The van der Waals surface area contributed by atoms with E-state index in [-0.39, 0.29) is 11.7 Å². The molecule has 3 atom stereocenters. The second-order valence-electron chi connectivity index (χ2n) is 9.00. The highest BCUT2D eigenvalue weighted by Crippen LogP contribution is 2.36. The first kappa shape index (κ1) is 23.3. The van der Waals surface area contributed by atoms with E-state index >= 15 is 0 Å². The highest BCUT2D eigenvalue weighted by molar-refractivity contribution is 5.92. The van der Waals surface area contributed by atoms with Gasteiger partial charge in [0.15, 0.2) is 5.82 Å². The van der Waals surface area contributed by atoms with Crippen LogP contribution in [-0.2, 0) is 6.18 Å². The minimum Gasteiger partial charge on any atom is -0.490 e. The largest absolute Gasteiger partial charge is 0.490 e. The van der Waals surface area contributed by atoms with Crippen LogP contribution in [0.25, 0.3) is 10.8 Å². The highest BCUT2D eigenvalue weighted by Gasteiger charge is 2.33. The van der Waals surface area contributed by atoms with Crippen molar-refractivity contribution in [3.8, 4) is 5.75 Å². The lowest BCUT2D eigenvalue weighted by Crippen LogP contribution is -2.26. The van der Waals surface area contributed by atoms with Crippen molar-refractivity contribution >= 4 is 16.6 Å². The maximum Gasteiger partial charge on any atom is 0.416 e. The number of benzene rings is 2. The Balaban J connectivity index is 1.58. The molecule has 1 N–H and O–H groups in total. The first-order valence-electron chi connectivity index (χ1n) is 11.1. The Morgan fingerprint density at radius 3 is 2.64 bits per heavy atom. The maximum atomic E-state index is 13.3. The van der Waals surface area contributed by atoms with Crippen LogP contribution in [0, 0.1) is 6.92 Å². The summed E-state index contributed by atoms with van der Waals surface area (Å²) in [5, 5.41) is 13.3. The standard InChI is InChI=1S/C25H29F3N4O/c1-15-21(6-5-7-23(15)25(26,27)28)16(2)30-24-22-13-20(10-8-17(22)14-29-31-24)33-19-11-9-18(12-19)32(3)4/h5-8,10,13-14,16,18-19H,9,11-12H2,1-4H3,(H,30,31)/t16?,18-,19-/m0/s1. The van der Waals surface area contributed by atoms with Gasteiger partial charge in [0.05, 0.1) is 17.8 Å². The van der Waals surface area contributed by atoms with Gasteiger partial charge in [0.2, 0.25) is 0 Å². The van der Waals surface area contributed by atoms with Gasteiger partial charge in [0, 0.05) is 16.8 Å². The van der Waals surface area contributed by atoms with E-state index in [1.165, 1.54) is 13.0 Å². The molecule has 3 aromatic rings. The molecule has 0 amide bonds. The lowest BCUT2D eigenvalue weighted by Gasteiger charge is -2.21. The molecule has 1 saturated carbocycles. The molecule has 1 fully saturated rings. The number of aromatic nitrogens is 2. The number of alkyl halides is 3. The van der Waals surface area contributed by atoms with Crippen molar-refractivity contribution in [2.45, 2.75) is 57.5 Å². The molecule has 1 aromatic heterocycles. The summed E-state index contributed by atoms with van der Waals surface area (Å²) in [4.78, 5) is 2.23. The zero-order valence-electron chi connectivity index (χ0n) is 19.3. The normalized spacial score (nSPS) is 19.8. The average molecular weight is 459 g/mol. The summed E-state index contributed by atoms with van der Waals surface area (Å²) in [7, 11) is 4.18. The number of nitrogens with one attached hydrogen (secondary N) is 1. The fourth-order valence-electron chi connectivity index (χ4n) is 4.63. The van der Waals surface area contributed by atoms with Crippen molar-refractivity contribution in [1.82, 2.24) is 15.1 Å². The smallest absolute Gasteiger partial charge is 0.416 e. The Kier molecular flexibility index (Phi) is 6.47. The van der Waals surface area contributed by atoms with Gasteiger partial charge in [-0.3, -0.25) is 0 Å². The van der Waals surface area contributed by atoms with Crippen LogP contribution in [0.4, 0.5) is 19.0 Å². The third-order valence-corrected chi connectivity index (χ3v) is 6.53. The monoisotopic (exact) mass is 458 g/mol. The topological polar surface area (TPSA) is 50.3 Å². The minimum absolute atomic E-state index is 0.160. The molecule has 176 valence electrons. The Bertz CT molecular complexity index is 1130. The molecule has 33 heavy (non-hydrogen) atoms. The van der Waals surface area contributed by atoms with Crippen LogP contribution >= 0.6 is 0 Å². The van der Waals surface area contributed by atoms with E-state index in [4.69, 9.17) is 4.74 Å². The van der Waals surface area contributed by atoms with Gasteiger partial charge in [-0.15, -0.1) is 5.10 Å². The zero-order chi connectivity index (χ0) is 23.8. The average Bonchev–Trinajstić information content (AvgIpc) is 3.22. The molecule has 0 bridgehead atoms. The lowest BCUT2D eigenvalue weighted by atomic mass is 9.97. The minimum atomic E-state index is -4.39. The second-order valence-corrected chi connectivity index (χ2v) is 9.00. The van der Waals surface area contributed by atoms with E-state index in [0.29, 0.717) is 17.4 Å². The van der Waals surface area contributed by atoms with Gasteiger partial charge in [-0.25, -0.2) is 0 Å². The summed E-state index contributed by atoms with van der Waals surface area (Å²) in [5.41, 5.74) is 0.150. The molecule has 0 radical (unpaired) electrons. The molecule has 0 spiro atoms. The Morgan fingerprint density at radius 1 is 1.15 bits per heavy atom. The zero-order valence-corrected chi connectivity index (χ0v) is 19.3. The third-order valence-electron chi connectivity index (χ3n) is 6.53. The van der Waals surface area contributed by atoms with Crippen molar-refractivity contribution in [2.75, 3.05) is 19.4 Å². The molecule has 4 rings (SSSR count). The number of anilines is 1. The van der Waals surface area contributed by atoms with Crippen LogP contribution in [0.1, 0.15) is 48.9 Å². The van der Waals surface area contributed by atoms with Crippen molar-refractivity contribution in [3.05, 3.63) is 59.3 Å². The van der Waals surface area contributed by atoms with Gasteiger partial charge in [-0.05, 0) is 82.6 Å². The molecular weight excluding hydrogens is 429 g/mol. The molecule has 0 saturated heterocycles. The third kappa shape index (κ3) is 5.05.